The first-order valence-electron chi connectivity index (χ1n) is 7.89. The molecule has 1 heterocycles. The third-order valence-electron chi connectivity index (χ3n) is 4.88. The molecule has 2 aliphatic rings. The van der Waals surface area contributed by atoms with E-state index in [1.807, 2.05) is 25.1 Å². The van der Waals surface area contributed by atoms with Gasteiger partial charge in [0.05, 0.1) is 11.9 Å². The van der Waals surface area contributed by atoms with Crippen molar-refractivity contribution < 1.29 is 22.6 Å². The third-order valence-corrected chi connectivity index (χ3v) is 7.20. The van der Waals surface area contributed by atoms with Crippen LogP contribution in [0.1, 0.15) is 25.3 Å². The van der Waals surface area contributed by atoms with Crippen LogP contribution >= 0.6 is 0 Å². The summed E-state index contributed by atoms with van der Waals surface area (Å²) in [5.74, 6) is 1.28. The molecule has 1 saturated carbocycles. The van der Waals surface area contributed by atoms with Crippen LogP contribution in [0.5, 0.6) is 11.5 Å². The molecule has 7 heteroatoms. The van der Waals surface area contributed by atoms with Gasteiger partial charge < -0.3 is 19.9 Å². The standard InChI is InChI=1S/C16H23NO5S/c1-3-20-9-16(8-17)14(15(16)23(18,19)4-2)11-5-6-12-13(7-11)22-10-21-12/h5-7,14-15H,3-4,8-10,17H2,1-2H3/t14-,15-,16+/m0/s1. The van der Waals surface area contributed by atoms with E-state index in [0.717, 1.165) is 5.56 Å². The lowest BCUT2D eigenvalue weighted by atomic mass is 9.99. The molecule has 1 aromatic carbocycles. The van der Waals surface area contributed by atoms with Crippen molar-refractivity contribution in [2.75, 3.05) is 32.3 Å². The molecule has 2 N–H and O–H groups in total. The lowest BCUT2D eigenvalue weighted by molar-refractivity contribution is 0.101. The SMILES string of the molecule is CCOC[C@]1(CN)[C@@H](c2ccc3c(c2)OCO3)[C@@H]1S(=O)(=O)CC. The molecule has 3 atom stereocenters. The average molecular weight is 341 g/mol. The van der Waals surface area contributed by atoms with Crippen LogP contribution in [0.3, 0.4) is 0 Å². The van der Waals surface area contributed by atoms with Crippen LogP contribution < -0.4 is 15.2 Å². The Labute approximate surface area is 136 Å². The van der Waals surface area contributed by atoms with Crippen molar-refractivity contribution in [1.82, 2.24) is 0 Å². The van der Waals surface area contributed by atoms with Gasteiger partial charge in [-0.3, -0.25) is 0 Å². The fourth-order valence-corrected chi connectivity index (χ4v) is 5.73. The van der Waals surface area contributed by atoms with Crippen LogP contribution in [-0.4, -0.2) is 46.0 Å². The molecule has 128 valence electrons. The van der Waals surface area contributed by atoms with E-state index < -0.39 is 20.5 Å². The van der Waals surface area contributed by atoms with Gasteiger partial charge in [0.2, 0.25) is 6.79 Å². The average Bonchev–Trinajstić information content (AvgIpc) is 3.01. The summed E-state index contributed by atoms with van der Waals surface area (Å²) in [6.07, 6.45) is 0. The molecule has 6 nitrogen and oxygen atoms in total. The first-order valence-corrected chi connectivity index (χ1v) is 9.60. The highest BCUT2D eigenvalue weighted by molar-refractivity contribution is 7.92. The van der Waals surface area contributed by atoms with Gasteiger partial charge in [0.25, 0.3) is 0 Å². The number of hydrogen-bond donors (Lipinski definition) is 1. The second kappa shape index (κ2) is 5.96. The van der Waals surface area contributed by atoms with Gasteiger partial charge in [-0.1, -0.05) is 13.0 Å². The lowest BCUT2D eigenvalue weighted by Gasteiger charge is -2.15. The minimum Gasteiger partial charge on any atom is -0.454 e. The molecular weight excluding hydrogens is 318 g/mol. The highest BCUT2D eigenvalue weighted by Gasteiger charge is 2.69. The van der Waals surface area contributed by atoms with Crippen LogP contribution in [0.15, 0.2) is 18.2 Å². The summed E-state index contributed by atoms with van der Waals surface area (Å²) in [6, 6.07) is 5.60. The first kappa shape index (κ1) is 16.5. The first-order chi connectivity index (χ1) is 11.0. The second-order valence-corrected chi connectivity index (χ2v) is 8.45. The van der Waals surface area contributed by atoms with E-state index in [0.29, 0.717) is 24.7 Å². The Hall–Kier alpha value is -1.31. The van der Waals surface area contributed by atoms with Gasteiger partial charge in [-0.25, -0.2) is 8.42 Å². The van der Waals surface area contributed by atoms with E-state index in [4.69, 9.17) is 19.9 Å². The van der Waals surface area contributed by atoms with E-state index in [2.05, 4.69) is 0 Å². The topological polar surface area (TPSA) is 87.8 Å². The maximum Gasteiger partial charge on any atom is 0.231 e. The highest BCUT2D eigenvalue weighted by Crippen LogP contribution is 2.63. The monoisotopic (exact) mass is 341 g/mol. The van der Waals surface area contributed by atoms with Gasteiger partial charge in [0.15, 0.2) is 21.3 Å². The maximum absolute atomic E-state index is 12.5. The fourth-order valence-electron chi connectivity index (χ4n) is 3.58. The van der Waals surface area contributed by atoms with Crippen molar-refractivity contribution >= 4 is 9.84 Å². The quantitative estimate of drug-likeness (QED) is 0.804. The normalized spacial score (nSPS) is 28.8. The lowest BCUT2D eigenvalue weighted by Crippen LogP contribution is -2.29. The Morgan fingerprint density at radius 2 is 2.04 bits per heavy atom. The van der Waals surface area contributed by atoms with Gasteiger partial charge >= 0.3 is 0 Å². The van der Waals surface area contributed by atoms with Crippen LogP contribution in [-0.2, 0) is 14.6 Å². The molecular formula is C16H23NO5S. The molecule has 0 aromatic heterocycles. The number of nitrogens with two attached hydrogens (primary N) is 1. The van der Waals surface area contributed by atoms with E-state index in [-0.39, 0.29) is 25.0 Å². The van der Waals surface area contributed by atoms with E-state index >= 15 is 0 Å². The molecule has 0 bridgehead atoms. The molecule has 23 heavy (non-hydrogen) atoms. The highest BCUT2D eigenvalue weighted by atomic mass is 32.2. The minimum atomic E-state index is -3.22. The van der Waals surface area contributed by atoms with Gasteiger partial charge in [-0.2, -0.15) is 0 Å². The Bertz CT molecular complexity index is 690. The molecule has 1 aliphatic heterocycles. The van der Waals surface area contributed by atoms with Gasteiger partial charge in [-0.05, 0) is 24.6 Å². The summed E-state index contributed by atoms with van der Waals surface area (Å²) in [5, 5.41) is -0.503. The molecule has 0 saturated heterocycles. The van der Waals surface area contributed by atoms with Crippen LogP contribution in [0, 0.1) is 5.41 Å². The van der Waals surface area contributed by atoms with Gasteiger partial charge in [0, 0.05) is 30.2 Å². The molecule has 1 aliphatic carbocycles. The summed E-state index contributed by atoms with van der Waals surface area (Å²) in [4.78, 5) is 0. The van der Waals surface area contributed by atoms with Crippen molar-refractivity contribution in [3.05, 3.63) is 23.8 Å². The summed E-state index contributed by atoms with van der Waals surface area (Å²) in [7, 11) is -3.22. The Balaban J connectivity index is 1.98. The molecule has 0 radical (unpaired) electrons. The Morgan fingerprint density at radius 1 is 1.30 bits per heavy atom. The molecule has 0 unspecified atom stereocenters. The number of ether oxygens (including phenoxy) is 3. The molecule has 0 amide bonds. The number of hydrogen-bond acceptors (Lipinski definition) is 6. The summed E-state index contributed by atoms with van der Waals surface area (Å²) < 4.78 is 41.4. The third kappa shape index (κ3) is 2.60. The van der Waals surface area contributed by atoms with Gasteiger partial charge in [-0.15, -0.1) is 0 Å². The van der Waals surface area contributed by atoms with E-state index in [9.17, 15) is 8.42 Å². The number of rotatable bonds is 7. The Kier molecular flexibility index (Phi) is 4.29. The molecule has 1 fully saturated rings. The largest absolute Gasteiger partial charge is 0.454 e. The zero-order valence-electron chi connectivity index (χ0n) is 13.4. The summed E-state index contributed by atoms with van der Waals surface area (Å²) in [6.45, 7) is 4.92. The van der Waals surface area contributed by atoms with Crippen molar-refractivity contribution in [2.24, 2.45) is 11.1 Å². The summed E-state index contributed by atoms with van der Waals surface area (Å²) >= 11 is 0. The van der Waals surface area contributed by atoms with E-state index in [1.165, 1.54) is 0 Å². The molecule has 1 aromatic rings. The van der Waals surface area contributed by atoms with Crippen molar-refractivity contribution in [1.29, 1.82) is 0 Å². The number of fused-ring (bicyclic) bond motifs is 1. The zero-order valence-corrected chi connectivity index (χ0v) is 14.3. The van der Waals surface area contributed by atoms with Crippen molar-refractivity contribution in [3.8, 4) is 11.5 Å². The maximum atomic E-state index is 12.5. The minimum absolute atomic E-state index is 0.104. The van der Waals surface area contributed by atoms with Crippen LogP contribution in [0.4, 0.5) is 0 Å². The van der Waals surface area contributed by atoms with Gasteiger partial charge in [0.1, 0.15) is 0 Å². The van der Waals surface area contributed by atoms with Crippen LogP contribution in [0.2, 0.25) is 0 Å². The Morgan fingerprint density at radius 3 is 2.70 bits per heavy atom. The molecule has 0 spiro atoms. The zero-order chi connectivity index (χ0) is 16.7. The summed E-state index contributed by atoms with van der Waals surface area (Å²) in [5.41, 5.74) is 6.35. The predicted molar refractivity (Wildman–Crippen MR) is 86.5 cm³/mol. The van der Waals surface area contributed by atoms with E-state index in [1.54, 1.807) is 6.92 Å². The predicted octanol–water partition coefficient (Wildman–Crippen LogP) is 1.30. The van der Waals surface area contributed by atoms with Crippen molar-refractivity contribution in [3.63, 3.8) is 0 Å². The molecule has 3 rings (SSSR count). The fraction of sp³-hybridized carbons (Fsp3) is 0.625. The number of benzene rings is 1. The van der Waals surface area contributed by atoms with Crippen molar-refractivity contribution in [2.45, 2.75) is 25.0 Å². The van der Waals surface area contributed by atoms with Crippen LogP contribution in [0.25, 0.3) is 0 Å². The number of sulfone groups is 1. The second-order valence-electron chi connectivity index (χ2n) is 6.04. The smallest absolute Gasteiger partial charge is 0.231 e.